The van der Waals surface area contributed by atoms with E-state index in [4.69, 9.17) is 11.5 Å². The molecule has 0 amide bonds. The van der Waals surface area contributed by atoms with Crippen molar-refractivity contribution in [2.75, 3.05) is 42.0 Å². The van der Waals surface area contributed by atoms with Gasteiger partial charge in [0.1, 0.15) is 21.5 Å². The van der Waals surface area contributed by atoms with Crippen molar-refractivity contribution in [3.63, 3.8) is 0 Å². The summed E-state index contributed by atoms with van der Waals surface area (Å²) >= 11 is 0. The maximum atomic E-state index is 11.0. The van der Waals surface area contributed by atoms with Crippen LogP contribution in [-0.2, 0) is 9.84 Å². The second kappa shape index (κ2) is 4.52. The van der Waals surface area contributed by atoms with Gasteiger partial charge in [-0.15, -0.1) is 0 Å². The quantitative estimate of drug-likeness (QED) is 0.707. The molecule has 0 aliphatic rings. The Balaban J connectivity index is 2.76. The minimum absolute atomic E-state index is 0.0489. The topological polar surface area (TPSA) is 115 Å². The molecule has 0 aliphatic heterocycles. The molecule has 7 nitrogen and oxygen atoms in total. The first kappa shape index (κ1) is 12.5. The van der Waals surface area contributed by atoms with Gasteiger partial charge in [0.15, 0.2) is 0 Å². The summed E-state index contributed by atoms with van der Waals surface area (Å²) in [5.41, 5.74) is 10.9. The SMILES string of the molecule is CN(CCS(C)(=O)=O)c1cc(N)nc(N)n1. The zero-order valence-electron chi connectivity index (χ0n) is 9.21. The van der Waals surface area contributed by atoms with Crippen molar-refractivity contribution in [2.24, 2.45) is 0 Å². The van der Waals surface area contributed by atoms with Gasteiger partial charge < -0.3 is 16.4 Å². The van der Waals surface area contributed by atoms with E-state index in [0.29, 0.717) is 12.4 Å². The fourth-order valence-electron chi connectivity index (χ4n) is 1.08. The molecule has 0 bridgehead atoms. The number of aromatic nitrogens is 2. The highest BCUT2D eigenvalue weighted by atomic mass is 32.2. The Kier molecular flexibility index (Phi) is 3.53. The number of hydrogen-bond donors (Lipinski definition) is 2. The van der Waals surface area contributed by atoms with Crippen LogP contribution in [0.2, 0.25) is 0 Å². The standard InChI is InChI=1S/C8H15N5O2S/c1-13(3-4-16(2,14)15)7-5-6(9)11-8(10)12-7/h5H,3-4H2,1-2H3,(H4,9,10,11,12). The van der Waals surface area contributed by atoms with Gasteiger partial charge in [-0.1, -0.05) is 0 Å². The summed E-state index contributed by atoms with van der Waals surface area (Å²) in [6.45, 7) is 0.328. The third-order valence-electron chi connectivity index (χ3n) is 1.94. The summed E-state index contributed by atoms with van der Waals surface area (Å²) < 4.78 is 22.0. The van der Waals surface area contributed by atoms with Crippen LogP contribution in [0.15, 0.2) is 6.07 Å². The molecule has 1 rings (SSSR count). The van der Waals surface area contributed by atoms with Crippen molar-refractivity contribution >= 4 is 27.4 Å². The molecule has 8 heteroatoms. The van der Waals surface area contributed by atoms with E-state index < -0.39 is 9.84 Å². The fraction of sp³-hybridized carbons (Fsp3) is 0.500. The average molecular weight is 245 g/mol. The Morgan fingerprint density at radius 2 is 2.00 bits per heavy atom. The van der Waals surface area contributed by atoms with Crippen LogP contribution in [-0.4, -0.2) is 44.0 Å². The minimum atomic E-state index is -3.00. The summed E-state index contributed by atoms with van der Waals surface area (Å²) in [5, 5.41) is 0. The van der Waals surface area contributed by atoms with Gasteiger partial charge in [0.2, 0.25) is 5.95 Å². The largest absolute Gasteiger partial charge is 0.383 e. The van der Waals surface area contributed by atoms with Crippen molar-refractivity contribution in [2.45, 2.75) is 0 Å². The zero-order valence-corrected chi connectivity index (χ0v) is 10.0. The van der Waals surface area contributed by atoms with Crippen molar-refractivity contribution in [3.8, 4) is 0 Å². The maximum absolute atomic E-state index is 11.0. The van der Waals surface area contributed by atoms with E-state index in [0.717, 1.165) is 0 Å². The molecule has 0 unspecified atom stereocenters. The minimum Gasteiger partial charge on any atom is -0.383 e. The van der Waals surface area contributed by atoms with Gasteiger partial charge in [0.05, 0.1) is 5.75 Å². The highest BCUT2D eigenvalue weighted by Crippen LogP contribution is 2.13. The number of nitrogens with two attached hydrogens (primary N) is 2. The molecule has 4 N–H and O–H groups in total. The van der Waals surface area contributed by atoms with Crippen LogP contribution in [0.1, 0.15) is 0 Å². The molecule has 0 fully saturated rings. The number of nitrogens with zero attached hydrogens (tertiary/aromatic N) is 3. The van der Waals surface area contributed by atoms with Crippen LogP contribution in [0, 0.1) is 0 Å². The summed E-state index contributed by atoms with van der Waals surface area (Å²) in [6.07, 6.45) is 1.18. The number of hydrogen-bond acceptors (Lipinski definition) is 7. The predicted molar refractivity (Wildman–Crippen MR) is 63.8 cm³/mol. The van der Waals surface area contributed by atoms with Gasteiger partial charge >= 0.3 is 0 Å². The fourth-order valence-corrected chi connectivity index (χ4v) is 1.69. The summed E-state index contributed by atoms with van der Waals surface area (Å²) in [6, 6.07) is 1.54. The average Bonchev–Trinajstić information content (AvgIpc) is 2.11. The second-order valence-electron chi connectivity index (χ2n) is 3.56. The lowest BCUT2D eigenvalue weighted by Crippen LogP contribution is -2.26. The van der Waals surface area contributed by atoms with Crippen LogP contribution in [0.3, 0.4) is 0 Å². The first-order valence-corrected chi connectivity index (χ1v) is 6.63. The summed E-state index contributed by atoms with van der Waals surface area (Å²) in [5.74, 6) is 0.886. The lowest BCUT2D eigenvalue weighted by molar-refractivity contribution is 0.601. The number of sulfone groups is 1. The van der Waals surface area contributed by atoms with Gasteiger partial charge in [-0.2, -0.15) is 9.97 Å². The van der Waals surface area contributed by atoms with Gasteiger partial charge in [-0.05, 0) is 0 Å². The molecule has 16 heavy (non-hydrogen) atoms. The maximum Gasteiger partial charge on any atom is 0.223 e. The molecule has 0 saturated carbocycles. The normalized spacial score (nSPS) is 11.4. The van der Waals surface area contributed by atoms with Crippen LogP contribution in [0.25, 0.3) is 0 Å². The summed E-state index contributed by atoms with van der Waals surface area (Å²) in [4.78, 5) is 9.34. The van der Waals surface area contributed by atoms with Gasteiger partial charge in [-0.25, -0.2) is 8.42 Å². The second-order valence-corrected chi connectivity index (χ2v) is 5.82. The van der Waals surface area contributed by atoms with Gasteiger partial charge in [0, 0.05) is 25.9 Å². The van der Waals surface area contributed by atoms with Crippen molar-refractivity contribution in [1.29, 1.82) is 0 Å². The molecular weight excluding hydrogens is 230 g/mol. The molecule has 0 spiro atoms. The molecular formula is C8H15N5O2S. The molecule has 0 radical (unpaired) electrons. The predicted octanol–water partition coefficient (Wildman–Crippen LogP) is -0.878. The van der Waals surface area contributed by atoms with Crippen molar-refractivity contribution < 1.29 is 8.42 Å². The number of rotatable bonds is 4. The molecule has 1 aromatic rings. The molecule has 1 heterocycles. The lowest BCUT2D eigenvalue weighted by atomic mass is 10.5. The van der Waals surface area contributed by atoms with E-state index in [-0.39, 0.29) is 17.5 Å². The molecule has 1 aromatic heterocycles. The third kappa shape index (κ3) is 3.89. The van der Waals surface area contributed by atoms with Crippen LogP contribution < -0.4 is 16.4 Å². The Bertz CT molecular complexity index is 453. The molecule has 0 aliphatic carbocycles. The smallest absolute Gasteiger partial charge is 0.223 e. The van der Waals surface area contributed by atoms with E-state index in [1.54, 1.807) is 18.0 Å². The highest BCUT2D eigenvalue weighted by molar-refractivity contribution is 7.90. The van der Waals surface area contributed by atoms with E-state index in [2.05, 4.69) is 9.97 Å². The van der Waals surface area contributed by atoms with E-state index in [9.17, 15) is 8.42 Å². The number of nitrogen functional groups attached to an aromatic ring is 2. The van der Waals surface area contributed by atoms with Crippen molar-refractivity contribution in [1.82, 2.24) is 9.97 Å². The van der Waals surface area contributed by atoms with Gasteiger partial charge in [-0.3, -0.25) is 0 Å². The molecule has 0 saturated heterocycles. The number of anilines is 3. The molecule has 0 aromatic carbocycles. The van der Waals surface area contributed by atoms with Crippen LogP contribution in [0.5, 0.6) is 0 Å². The van der Waals surface area contributed by atoms with Crippen LogP contribution >= 0.6 is 0 Å². The summed E-state index contributed by atoms with van der Waals surface area (Å²) in [7, 11) is -1.28. The zero-order chi connectivity index (χ0) is 12.3. The lowest BCUT2D eigenvalue weighted by Gasteiger charge is -2.17. The van der Waals surface area contributed by atoms with E-state index in [1.165, 1.54) is 6.26 Å². The van der Waals surface area contributed by atoms with E-state index in [1.807, 2.05) is 0 Å². The first-order valence-electron chi connectivity index (χ1n) is 4.57. The van der Waals surface area contributed by atoms with Crippen LogP contribution in [0.4, 0.5) is 17.6 Å². The Hall–Kier alpha value is -1.57. The third-order valence-corrected chi connectivity index (χ3v) is 2.86. The van der Waals surface area contributed by atoms with E-state index >= 15 is 0 Å². The molecule has 0 atom stereocenters. The Morgan fingerprint density at radius 3 is 2.50 bits per heavy atom. The highest BCUT2D eigenvalue weighted by Gasteiger charge is 2.09. The monoisotopic (exact) mass is 245 g/mol. The Labute approximate surface area is 94.4 Å². The van der Waals surface area contributed by atoms with Gasteiger partial charge in [0.25, 0.3) is 0 Å². The van der Waals surface area contributed by atoms with Crippen molar-refractivity contribution in [3.05, 3.63) is 6.07 Å². The first-order chi connectivity index (χ1) is 7.28. The Morgan fingerprint density at radius 1 is 1.38 bits per heavy atom. The molecule has 90 valence electrons.